The number of carbonyl (C=O) groups is 1. The number of aliphatic hydroxyl groups is 2. The summed E-state index contributed by atoms with van der Waals surface area (Å²) in [5, 5.41) is 18.6. The lowest BCUT2D eigenvalue weighted by Crippen LogP contribution is -2.42. The molecule has 12 heteroatoms. The Hall–Kier alpha value is -2.96. The van der Waals surface area contributed by atoms with Crippen LogP contribution in [0.2, 0.25) is 0 Å². The summed E-state index contributed by atoms with van der Waals surface area (Å²) in [6.45, 7) is -0.862. The van der Waals surface area contributed by atoms with Crippen LogP contribution in [0.3, 0.4) is 0 Å². The average molecular weight is 427 g/mol. The molecule has 1 aliphatic heterocycles. The topological polar surface area (TPSA) is 133 Å². The number of nitrogens with zero attached hydrogens (tertiary/aromatic N) is 3. The molecular formula is C18H19F2N3O7. The number of ketones is 1. The molecule has 10 nitrogen and oxygen atoms in total. The first kappa shape index (κ1) is 21.7. The van der Waals surface area contributed by atoms with Gasteiger partial charge in [-0.2, -0.15) is 13.8 Å². The normalized spacial score (nSPS) is 22.7. The minimum absolute atomic E-state index is 0.191. The summed E-state index contributed by atoms with van der Waals surface area (Å²) in [4.78, 5) is 32.1. The lowest BCUT2D eigenvalue weighted by molar-refractivity contribution is -0.141. The van der Waals surface area contributed by atoms with Crippen LogP contribution in [0, 0.1) is 0 Å². The Balaban J connectivity index is 1.83. The number of methoxy groups -OCH3 is 2. The van der Waals surface area contributed by atoms with Gasteiger partial charge in [0.15, 0.2) is 11.9 Å². The highest BCUT2D eigenvalue weighted by molar-refractivity contribution is 5.97. The fourth-order valence-electron chi connectivity index (χ4n) is 2.95. The maximum atomic E-state index is 14.2. The Morgan fingerprint density at radius 2 is 1.90 bits per heavy atom. The van der Waals surface area contributed by atoms with Gasteiger partial charge in [-0.15, -0.1) is 0 Å². The van der Waals surface area contributed by atoms with Gasteiger partial charge in [-0.05, 0) is 12.1 Å². The number of hydrogen-bond acceptors (Lipinski definition) is 9. The van der Waals surface area contributed by atoms with Crippen LogP contribution in [-0.2, 0) is 11.2 Å². The third kappa shape index (κ3) is 4.01. The molecule has 3 rings (SSSR count). The fraction of sp³-hybridized carbons (Fsp3) is 0.444. The van der Waals surface area contributed by atoms with Crippen LogP contribution in [0.15, 0.2) is 29.3 Å². The standard InChI is InChI=1S/C18H19F2N3O7/c1-28-10-3-9(4-11(5-10)29-2)12(25)6-14-21-8-23(17(27)22-14)16-18(19,20)15(26)13(7-24)30-16/h3-5,8,13,15-16,24,26H,6-7H2,1-2H3/t13-,15-,16+/m1/s1. The molecule has 0 unspecified atom stereocenters. The highest BCUT2D eigenvalue weighted by atomic mass is 19.3. The van der Waals surface area contributed by atoms with Crippen molar-refractivity contribution in [3.05, 3.63) is 46.4 Å². The van der Waals surface area contributed by atoms with Crippen LogP contribution in [0.25, 0.3) is 0 Å². The molecule has 0 radical (unpaired) electrons. The molecule has 0 spiro atoms. The van der Waals surface area contributed by atoms with E-state index in [4.69, 9.17) is 19.3 Å². The number of benzene rings is 1. The second kappa shape index (κ2) is 8.42. The van der Waals surface area contributed by atoms with Crippen LogP contribution in [-0.4, -0.2) is 69.5 Å². The number of aromatic nitrogens is 3. The summed E-state index contributed by atoms with van der Waals surface area (Å²) >= 11 is 0. The van der Waals surface area contributed by atoms with E-state index in [1.807, 2.05) is 0 Å². The van der Waals surface area contributed by atoms with E-state index in [0.717, 1.165) is 6.33 Å². The van der Waals surface area contributed by atoms with Crippen LogP contribution in [0.4, 0.5) is 8.78 Å². The lowest BCUT2D eigenvalue weighted by atomic mass is 10.1. The van der Waals surface area contributed by atoms with Crippen molar-refractivity contribution < 1.29 is 38.0 Å². The highest BCUT2D eigenvalue weighted by Gasteiger charge is 2.59. The van der Waals surface area contributed by atoms with E-state index < -0.39 is 42.4 Å². The predicted octanol–water partition coefficient (Wildman–Crippen LogP) is -0.0332. The van der Waals surface area contributed by atoms with Crippen molar-refractivity contribution in [3.8, 4) is 11.5 Å². The van der Waals surface area contributed by atoms with Gasteiger partial charge in [-0.1, -0.05) is 0 Å². The summed E-state index contributed by atoms with van der Waals surface area (Å²) < 4.78 is 43.9. The summed E-state index contributed by atoms with van der Waals surface area (Å²) in [7, 11) is 2.84. The number of ether oxygens (including phenoxy) is 3. The number of rotatable bonds is 7. The van der Waals surface area contributed by atoms with Crippen molar-refractivity contribution in [1.29, 1.82) is 0 Å². The first-order valence-electron chi connectivity index (χ1n) is 8.73. The van der Waals surface area contributed by atoms with Gasteiger partial charge in [-0.25, -0.2) is 14.3 Å². The van der Waals surface area contributed by atoms with Gasteiger partial charge in [0, 0.05) is 11.6 Å². The SMILES string of the molecule is COc1cc(OC)cc(C(=O)Cc2ncn([C@H]3O[C@H](CO)[C@@H](O)C3(F)F)c(=O)n2)c1. The van der Waals surface area contributed by atoms with Crippen LogP contribution < -0.4 is 15.2 Å². The molecule has 1 fully saturated rings. The minimum atomic E-state index is -3.85. The number of alkyl halides is 2. The van der Waals surface area contributed by atoms with Crippen molar-refractivity contribution in [1.82, 2.24) is 14.5 Å². The van der Waals surface area contributed by atoms with Crippen molar-refractivity contribution in [2.45, 2.75) is 30.8 Å². The maximum absolute atomic E-state index is 14.2. The van der Waals surface area contributed by atoms with Crippen molar-refractivity contribution in [3.63, 3.8) is 0 Å². The molecule has 2 heterocycles. The van der Waals surface area contributed by atoms with Gasteiger partial charge in [0.05, 0.1) is 27.2 Å². The zero-order valence-corrected chi connectivity index (χ0v) is 16.0. The van der Waals surface area contributed by atoms with Gasteiger partial charge in [-0.3, -0.25) is 4.79 Å². The van der Waals surface area contributed by atoms with E-state index in [1.54, 1.807) is 6.07 Å². The summed E-state index contributed by atoms with van der Waals surface area (Å²) in [5.74, 6) is -3.74. The van der Waals surface area contributed by atoms with Crippen molar-refractivity contribution in [2.75, 3.05) is 20.8 Å². The second-order valence-electron chi connectivity index (χ2n) is 6.49. The zero-order chi connectivity index (χ0) is 22.1. The average Bonchev–Trinajstić information content (AvgIpc) is 2.96. The van der Waals surface area contributed by atoms with E-state index in [-0.39, 0.29) is 17.8 Å². The molecule has 0 bridgehead atoms. The Kier molecular flexibility index (Phi) is 6.10. The minimum Gasteiger partial charge on any atom is -0.497 e. The van der Waals surface area contributed by atoms with Gasteiger partial charge in [0.2, 0.25) is 6.23 Å². The van der Waals surface area contributed by atoms with Gasteiger partial charge >= 0.3 is 11.6 Å². The monoisotopic (exact) mass is 427 g/mol. The fourth-order valence-corrected chi connectivity index (χ4v) is 2.95. The van der Waals surface area contributed by atoms with Gasteiger partial charge in [0.25, 0.3) is 0 Å². The van der Waals surface area contributed by atoms with Gasteiger partial charge < -0.3 is 24.4 Å². The molecule has 1 aliphatic rings. The molecule has 30 heavy (non-hydrogen) atoms. The molecule has 2 N–H and O–H groups in total. The number of hydrogen-bond donors (Lipinski definition) is 2. The highest BCUT2D eigenvalue weighted by Crippen LogP contribution is 2.41. The van der Waals surface area contributed by atoms with E-state index in [0.29, 0.717) is 16.1 Å². The molecule has 0 saturated carbocycles. The summed E-state index contributed by atoms with van der Waals surface area (Å²) in [6, 6.07) is 4.51. The molecule has 3 atom stereocenters. The summed E-state index contributed by atoms with van der Waals surface area (Å²) in [6.07, 6.45) is -5.68. The van der Waals surface area contributed by atoms with Crippen molar-refractivity contribution >= 4 is 5.78 Å². The number of carbonyl (C=O) groups excluding carboxylic acids is 1. The Labute approximate surface area is 168 Å². The quantitative estimate of drug-likeness (QED) is 0.584. The molecule has 0 aliphatic carbocycles. The molecular weight excluding hydrogens is 408 g/mol. The molecule has 162 valence electrons. The van der Waals surface area contributed by atoms with Crippen LogP contribution in [0.5, 0.6) is 11.5 Å². The van der Waals surface area contributed by atoms with Crippen LogP contribution >= 0.6 is 0 Å². The number of halogens is 2. The summed E-state index contributed by atoms with van der Waals surface area (Å²) in [5.41, 5.74) is -0.926. The Morgan fingerprint density at radius 3 is 2.40 bits per heavy atom. The predicted molar refractivity (Wildman–Crippen MR) is 95.8 cm³/mol. The number of aliphatic hydroxyl groups excluding tert-OH is 2. The van der Waals surface area contributed by atoms with E-state index in [2.05, 4.69) is 9.97 Å². The first-order valence-corrected chi connectivity index (χ1v) is 8.73. The second-order valence-corrected chi connectivity index (χ2v) is 6.49. The van der Waals surface area contributed by atoms with E-state index >= 15 is 0 Å². The molecule has 2 aromatic rings. The Bertz CT molecular complexity index is 976. The van der Waals surface area contributed by atoms with E-state index in [1.165, 1.54) is 26.4 Å². The number of Topliss-reactive ketones (excluding diaryl/α,β-unsaturated/α-hetero) is 1. The van der Waals surface area contributed by atoms with Crippen LogP contribution in [0.1, 0.15) is 22.4 Å². The molecule has 0 amide bonds. The maximum Gasteiger partial charge on any atom is 0.352 e. The molecule has 1 saturated heterocycles. The van der Waals surface area contributed by atoms with Gasteiger partial charge in [0.1, 0.15) is 29.8 Å². The zero-order valence-electron chi connectivity index (χ0n) is 16.0. The first-order chi connectivity index (χ1) is 14.2. The third-order valence-corrected chi connectivity index (χ3v) is 4.58. The van der Waals surface area contributed by atoms with Crippen molar-refractivity contribution in [2.24, 2.45) is 0 Å². The third-order valence-electron chi connectivity index (χ3n) is 4.58. The Morgan fingerprint density at radius 1 is 1.27 bits per heavy atom. The molecule has 1 aromatic heterocycles. The smallest absolute Gasteiger partial charge is 0.352 e. The largest absolute Gasteiger partial charge is 0.497 e. The lowest BCUT2D eigenvalue weighted by Gasteiger charge is -2.20. The molecule has 1 aromatic carbocycles. The van der Waals surface area contributed by atoms with E-state index in [9.17, 15) is 23.5 Å².